The molecule has 0 fully saturated rings. The minimum atomic E-state index is 0.709. The highest BCUT2D eigenvalue weighted by Gasteiger charge is 2.08. The summed E-state index contributed by atoms with van der Waals surface area (Å²) in [5, 5.41) is 11.2. The first-order chi connectivity index (χ1) is 14.7. The lowest BCUT2D eigenvalue weighted by Gasteiger charge is -2.14. The average molecular weight is 390 g/mol. The molecule has 0 saturated heterocycles. The molecule has 0 heterocycles. The number of nitrogens with two attached hydrogens (primary N) is 2. The highest BCUT2D eigenvalue weighted by Crippen LogP contribution is 2.34. The van der Waals surface area contributed by atoms with E-state index in [2.05, 4.69) is 34.9 Å². The van der Waals surface area contributed by atoms with Crippen molar-refractivity contribution in [1.29, 1.82) is 0 Å². The fourth-order valence-electron chi connectivity index (χ4n) is 3.71. The van der Waals surface area contributed by atoms with Gasteiger partial charge in [0.05, 0.1) is 22.7 Å². The third-order valence-corrected chi connectivity index (χ3v) is 5.24. The van der Waals surface area contributed by atoms with Gasteiger partial charge in [0, 0.05) is 11.4 Å². The van der Waals surface area contributed by atoms with Crippen molar-refractivity contribution in [3.8, 4) is 0 Å². The number of hydrogen-bond donors (Lipinski definition) is 4. The predicted octanol–water partition coefficient (Wildman–Crippen LogP) is 6.64. The van der Waals surface area contributed by atoms with Crippen LogP contribution < -0.4 is 22.1 Å². The molecule has 0 aliphatic carbocycles. The summed E-state index contributed by atoms with van der Waals surface area (Å²) in [5.74, 6) is 0. The fraction of sp³-hybridized carbons (Fsp3) is 0. The Morgan fingerprint density at radius 1 is 0.433 bits per heavy atom. The molecule has 0 aliphatic heterocycles. The van der Waals surface area contributed by atoms with Gasteiger partial charge in [-0.25, -0.2) is 0 Å². The second kappa shape index (κ2) is 7.33. The van der Waals surface area contributed by atoms with Crippen LogP contribution in [0.5, 0.6) is 0 Å². The smallest absolute Gasteiger partial charge is 0.0624 e. The third kappa shape index (κ3) is 3.47. The molecule has 0 spiro atoms. The lowest BCUT2D eigenvalue weighted by molar-refractivity contribution is 1.56. The topological polar surface area (TPSA) is 76.1 Å². The zero-order chi connectivity index (χ0) is 20.5. The Morgan fingerprint density at radius 2 is 0.800 bits per heavy atom. The van der Waals surface area contributed by atoms with Gasteiger partial charge in [0.1, 0.15) is 0 Å². The third-order valence-electron chi connectivity index (χ3n) is 5.24. The van der Waals surface area contributed by atoms with Crippen LogP contribution in [-0.2, 0) is 0 Å². The molecule has 0 aliphatic rings. The highest BCUT2D eigenvalue weighted by atomic mass is 14.9. The molecule has 6 N–H and O–H groups in total. The molecule has 146 valence electrons. The molecule has 0 atom stereocenters. The van der Waals surface area contributed by atoms with E-state index >= 15 is 0 Å². The van der Waals surface area contributed by atoms with Gasteiger partial charge in [-0.1, -0.05) is 36.4 Å². The number of hydrogen-bond acceptors (Lipinski definition) is 4. The Morgan fingerprint density at radius 3 is 1.20 bits per heavy atom. The van der Waals surface area contributed by atoms with E-state index in [0.717, 1.165) is 44.3 Å². The quantitative estimate of drug-likeness (QED) is 0.205. The fourth-order valence-corrected chi connectivity index (χ4v) is 3.71. The van der Waals surface area contributed by atoms with E-state index in [1.54, 1.807) is 0 Å². The molecule has 4 heteroatoms. The van der Waals surface area contributed by atoms with Crippen LogP contribution in [0.4, 0.5) is 34.1 Å². The number of benzene rings is 5. The largest absolute Gasteiger partial charge is 0.397 e. The first-order valence-corrected chi connectivity index (χ1v) is 9.86. The molecule has 30 heavy (non-hydrogen) atoms. The number of rotatable bonds is 4. The summed E-state index contributed by atoms with van der Waals surface area (Å²) in [6.45, 7) is 0. The van der Waals surface area contributed by atoms with E-state index in [9.17, 15) is 0 Å². The van der Waals surface area contributed by atoms with E-state index in [0.29, 0.717) is 11.4 Å². The second-order valence-corrected chi connectivity index (χ2v) is 7.41. The van der Waals surface area contributed by atoms with E-state index < -0.39 is 0 Å². The van der Waals surface area contributed by atoms with Crippen molar-refractivity contribution in [1.82, 2.24) is 0 Å². The number of fused-ring (bicyclic) bond motifs is 2. The number of anilines is 6. The van der Waals surface area contributed by atoms with Crippen molar-refractivity contribution in [2.75, 3.05) is 22.1 Å². The zero-order valence-corrected chi connectivity index (χ0v) is 16.4. The molecule has 5 aromatic rings. The van der Waals surface area contributed by atoms with Gasteiger partial charge in [0.2, 0.25) is 0 Å². The summed E-state index contributed by atoms with van der Waals surface area (Å²) < 4.78 is 0. The Balaban J connectivity index is 1.57. The first kappa shape index (κ1) is 17.9. The van der Waals surface area contributed by atoms with E-state index in [1.807, 2.05) is 72.8 Å². The molecule has 0 aromatic heterocycles. The van der Waals surface area contributed by atoms with Crippen LogP contribution in [-0.4, -0.2) is 0 Å². The zero-order valence-electron chi connectivity index (χ0n) is 16.4. The van der Waals surface area contributed by atoms with Crippen LogP contribution in [0.25, 0.3) is 21.5 Å². The van der Waals surface area contributed by atoms with Crippen molar-refractivity contribution in [2.45, 2.75) is 0 Å². The maximum absolute atomic E-state index is 6.32. The molecule has 0 radical (unpaired) electrons. The second-order valence-electron chi connectivity index (χ2n) is 7.41. The van der Waals surface area contributed by atoms with E-state index in [-0.39, 0.29) is 0 Å². The van der Waals surface area contributed by atoms with E-state index in [1.165, 1.54) is 0 Å². The molecular weight excluding hydrogens is 368 g/mol. The Kier molecular flexibility index (Phi) is 4.37. The van der Waals surface area contributed by atoms with Gasteiger partial charge in [-0.05, 0) is 82.2 Å². The molecular formula is C26H22N4. The van der Waals surface area contributed by atoms with Crippen molar-refractivity contribution in [2.24, 2.45) is 0 Å². The van der Waals surface area contributed by atoms with Crippen LogP contribution in [0.2, 0.25) is 0 Å². The van der Waals surface area contributed by atoms with Crippen molar-refractivity contribution in [3.05, 3.63) is 97.1 Å². The molecule has 0 unspecified atom stereocenters. The number of nitrogen functional groups attached to an aromatic ring is 2. The van der Waals surface area contributed by atoms with Gasteiger partial charge in [-0.15, -0.1) is 0 Å². The normalized spacial score (nSPS) is 10.9. The van der Waals surface area contributed by atoms with Gasteiger partial charge in [-0.3, -0.25) is 0 Å². The van der Waals surface area contributed by atoms with Crippen molar-refractivity contribution >= 4 is 55.7 Å². The predicted molar refractivity (Wildman–Crippen MR) is 130 cm³/mol. The Labute approximate surface area is 175 Å². The lowest BCUT2D eigenvalue weighted by Crippen LogP contribution is -1.97. The lowest BCUT2D eigenvalue weighted by atomic mass is 10.0. The van der Waals surface area contributed by atoms with Gasteiger partial charge in [-0.2, -0.15) is 0 Å². The van der Waals surface area contributed by atoms with Crippen LogP contribution >= 0.6 is 0 Å². The van der Waals surface area contributed by atoms with Gasteiger partial charge in [0.15, 0.2) is 0 Å². The molecule has 0 amide bonds. The summed E-state index contributed by atoms with van der Waals surface area (Å²) in [5.41, 5.74) is 17.9. The van der Waals surface area contributed by atoms with Crippen molar-refractivity contribution < 1.29 is 0 Å². The Hall–Kier alpha value is -4.18. The summed E-state index contributed by atoms with van der Waals surface area (Å²) in [6, 6.07) is 32.6. The standard InChI is InChI=1S/C26H22N4/c27-23-13-17-11-18-14-24(28)26(30-22-9-5-2-6-10-22)16-20(18)12-19(17)15-25(23)29-21-7-3-1-4-8-21/h1-16,29-30H,27-28H2. The summed E-state index contributed by atoms with van der Waals surface area (Å²) >= 11 is 0. The minimum Gasteiger partial charge on any atom is -0.397 e. The SMILES string of the molecule is Nc1cc2cc3cc(N)c(Nc4ccccc4)cc3cc2cc1Nc1ccccc1. The van der Waals surface area contributed by atoms with Crippen LogP contribution in [0.3, 0.4) is 0 Å². The van der Waals surface area contributed by atoms with Crippen LogP contribution in [0, 0.1) is 0 Å². The summed E-state index contributed by atoms with van der Waals surface area (Å²) in [4.78, 5) is 0. The molecule has 5 aromatic carbocycles. The maximum atomic E-state index is 6.32. The number of nitrogens with one attached hydrogen (secondary N) is 2. The summed E-state index contributed by atoms with van der Waals surface area (Å²) in [6.07, 6.45) is 0. The molecule has 4 nitrogen and oxygen atoms in total. The monoisotopic (exact) mass is 390 g/mol. The molecule has 5 rings (SSSR count). The average Bonchev–Trinajstić information content (AvgIpc) is 2.75. The minimum absolute atomic E-state index is 0.709. The Bertz CT molecular complexity index is 1240. The molecule has 0 bridgehead atoms. The van der Waals surface area contributed by atoms with Gasteiger partial charge < -0.3 is 22.1 Å². The first-order valence-electron chi connectivity index (χ1n) is 9.86. The van der Waals surface area contributed by atoms with Crippen LogP contribution in [0.1, 0.15) is 0 Å². The molecule has 0 saturated carbocycles. The summed E-state index contributed by atoms with van der Waals surface area (Å²) in [7, 11) is 0. The van der Waals surface area contributed by atoms with E-state index in [4.69, 9.17) is 11.5 Å². The number of para-hydroxylation sites is 2. The highest BCUT2D eigenvalue weighted by molar-refractivity contribution is 6.04. The van der Waals surface area contributed by atoms with Crippen LogP contribution in [0.15, 0.2) is 97.1 Å². The maximum Gasteiger partial charge on any atom is 0.0624 e. The van der Waals surface area contributed by atoms with Crippen molar-refractivity contribution in [3.63, 3.8) is 0 Å². The van der Waals surface area contributed by atoms with Gasteiger partial charge >= 0.3 is 0 Å². The van der Waals surface area contributed by atoms with Gasteiger partial charge in [0.25, 0.3) is 0 Å².